The van der Waals surface area contributed by atoms with Crippen LogP contribution in [0.5, 0.6) is 0 Å². The van der Waals surface area contributed by atoms with Gasteiger partial charge in [0.2, 0.25) is 0 Å². The number of aromatic nitrogens is 5. The maximum Gasteiger partial charge on any atom is 0.253 e. The van der Waals surface area contributed by atoms with E-state index in [0.29, 0.717) is 46.2 Å². The Kier molecular flexibility index (Phi) is 5.99. The van der Waals surface area contributed by atoms with Gasteiger partial charge in [0.1, 0.15) is 11.6 Å². The Morgan fingerprint density at radius 2 is 1.84 bits per heavy atom. The number of amides is 1. The van der Waals surface area contributed by atoms with Gasteiger partial charge in [-0.15, -0.1) is 0 Å². The molecule has 0 bridgehead atoms. The molecule has 0 spiro atoms. The Hall–Kier alpha value is -3.65. The first-order chi connectivity index (χ1) is 15.0. The zero-order valence-corrected chi connectivity index (χ0v) is 17.3. The fourth-order valence-electron chi connectivity index (χ4n) is 3.08. The van der Waals surface area contributed by atoms with Gasteiger partial charge in [0, 0.05) is 41.5 Å². The smallest absolute Gasteiger partial charge is 0.253 e. The van der Waals surface area contributed by atoms with E-state index in [4.69, 9.17) is 11.6 Å². The average Bonchev–Trinajstić information content (AvgIpc) is 3.29. The number of carbonyl (C=O) groups excluding carboxylic acids is 1. The number of nitrogens with one attached hydrogen (secondary N) is 1. The molecule has 4 aromatic rings. The maximum absolute atomic E-state index is 14.1. The second kappa shape index (κ2) is 9.01. The third kappa shape index (κ3) is 4.75. The Balaban J connectivity index is 1.41. The molecular weight excluding hydrogens is 419 g/mol. The maximum atomic E-state index is 14.1. The largest absolute Gasteiger partial charge is 0.352 e. The van der Waals surface area contributed by atoms with Crippen molar-refractivity contribution in [1.29, 1.82) is 0 Å². The van der Waals surface area contributed by atoms with Crippen molar-refractivity contribution in [3.05, 3.63) is 89.0 Å². The molecule has 0 atom stereocenters. The molecule has 2 aromatic carbocycles. The topological polar surface area (TPSA) is 85.6 Å². The van der Waals surface area contributed by atoms with E-state index in [1.807, 2.05) is 19.1 Å². The van der Waals surface area contributed by atoms with Crippen molar-refractivity contribution < 1.29 is 9.18 Å². The summed E-state index contributed by atoms with van der Waals surface area (Å²) in [6, 6.07) is 9.95. The van der Waals surface area contributed by atoms with Crippen LogP contribution in [0.15, 0.2) is 61.2 Å². The first-order valence-electron chi connectivity index (χ1n) is 9.53. The summed E-state index contributed by atoms with van der Waals surface area (Å²) in [4.78, 5) is 22.7. The van der Waals surface area contributed by atoms with E-state index in [-0.39, 0.29) is 5.91 Å². The third-order valence-electron chi connectivity index (χ3n) is 4.61. The number of hydrogen-bond acceptors (Lipinski definition) is 5. The predicted molar refractivity (Wildman–Crippen MR) is 115 cm³/mol. The van der Waals surface area contributed by atoms with Crippen LogP contribution in [0.2, 0.25) is 5.02 Å². The lowest BCUT2D eigenvalue weighted by atomic mass is 10.1. The number of benzene rings is 2. The average molecular weight is 437 g/mol. The summed E-state index contributed by atoms with van der Waals surface area (Å²) in [5, 5.41) is 11.4. The van der Waals surface area contributed by atoms with Gasteiger partial charge in [0.05, 0.1) is 23.6 Å². The lowest BCUT2D eigenvalue weighted by Crippen LogP contribution is -2.27. The van der Waals surface area contributed by atoms with Crippen molar-refractivity contribution in [2.45, 2.75) is 13.3 Å². The molecule has 0 aliphatic heterocycles. The molecule has 0 saturated heterocycles. The highest BCUT2D eigenvalue weighted by Crippen LogP contribution is 2.24. The molecule has 2 aromatic heterocycles. The van der Waals surface area contributed by atoms with Crippen LogP contribution in [0.1, 0.15) is 21.7 Å². The highest BCUT2D eigenvalue weighted by molar-refractivity contribution is 6.30. The van der Waals surface area contributed by atoms with Crippen molar-refractivity contribution in [3.63, 3.8) is 0 Å². The Bertz CT molecular complexity index is 1210. The molecule has 0 fully saturated rings. The van der Waals surface area contributed by atoms with E-state index in [9.17, 15) is 9.18 Å². The minimum Gasteiger partial charge on any atom is -0.352 e. The summed E-state index contributed by atoms with van der Waals surface area (Å²) in [6.45, 7) is 2.25. The summed E-state index contributed by atoms with van der Waals surface area (Å²) in [7, 11) is 0. The molecule has 4 rings (SSSR count). The lowest BCUT2D eigenvalue weighted by molar-refractivity contribution is 0.0953. The molecule has 0 aliphatic rings. The Labute approximate surface area is 182 Å². The standard InChI is InChI=1S/C22H18ClFN6O/c1-14-2-5-20(30-28-8-9-29-30)18(10-14)22(31)25-7-6-21-26-12-15(13-27-21)17-4-3-16(23)11-19(17)24/h2-5,8-13H,6-7H2,1H3,(H,25,31). The van der Waals surface area contributed by atoms with Gasteiger partial charge in [0.25, 0.3) is 5.91 Å². The summed E-state index contributed by atoms with van der Waals surface area (Å²) in [6.07, 6.45) is 6.64. The summed E-state index contributed by atoms with van der Waals surface area (Å²) < 4.78 is 14.1. The van der Waals surface area contributed by atoms with Crippen LogP contribution in [0.3, 0.4) is 0 Å². The van der Waals surface area contributed by atoms with Gasteiger partial charge < -0.3 is 5.32 Å². The Morgan fingerprint density at radius 3 is 2.55 bits per heavy atom. The normalized spacial score (nSPS) is 10.8. The second-order valence-electron chi connectivity index (χ2n) is 6.86. The number of hydrogen-bond donors (Lipinski definition) is 1. The lowest BCUT2D eigenvalue weighted by Gasteiger charge is -2.10. The number of aryl methyl sites for hydroxylation is 1. The van der Waals surface area contributed by atoms with Crippen molar-refractivity contribution in [1.82, 2.24) is 30.3 Å². The summed E-state index contributed by atoms with van der Waals surface area (Å²) in [5.41, 5.74) is 2.96. The second-order valence-corrected chi connectivity index (χ2v) is 7.29. The van der Waals surface area contributed by atoms with Crippen LogP contribution >= 0.6 is 11.6 Å². The van der Waals surface area contributed by atoms with Gasteiger partial charge in [-0.25, -0.2) is 14.4 Å². The molecule has 0 saturated carbocycles. The molecule has 156 valence electrons. The molecule has 0 radical (unpaired) electrons. The fraction of sp³-hybridized carbons (Fsp3) is 0.136. The van der Waals surface area contributed by atoms with Gasteiger partial charge >= 0.3 is 0 Å². The number of rotatable bonds is 6. The predicted octanol–water partition coefficient (Wildman–Crippen LogP) is 3.80. The molecule has 9 heteroatoms. The zero-order chi connectivity index (χ0) is 21.8. The van der Waals surface area contributed by atoms with Crippen LogP contribution in [0.25, 0.3) is 16.8 Å². The number of carbonyl (C=O) groups is 1. The van der Waals surface area contributed by atoms with Gasteiger partial charge in [-0.05, 0) is 37.3 Å². The summed E-state index contributed by atoms with van der Waals surface area (Å²) >= 11 is 5.79. The SMILES string of the molecule is Cc1ccc(-n2nccn2)c(C(=O)NCCc2ncc(-c3ccc(Cl)cc3F)cn2)c1. The fourth-order valence-corrected chi connectivity index (χ4v) is 3.23. The van der Waals surface area contributed by atoms with Crippen molar-refractivity contribution in [3.8, 4) is 16.8 Å². The molecule has 0 aliphatic carbocycles. The highest BCUT2D eigenvalue weighted by atomic mass is 35.5. The third-order valence-corrected chi connectivity index (χ3v) is 4.85. The minimum atomic E-state index is -0.434. The Morgan fingerprint density at radius 1 is 1.10 bits per heavy atom. The van der Waals surface area contributed by atoms with E-state index < -0.39 is 5.82 Å². The van der Waals surface area contributed by atoms with Crippen molar-refractivity contribution in [2.75, 3.05) is 6.54 Å². The van der Waals surface area contributed by atoms with E-state index in [2.05, 4.69) is 25.5 Å². The first-order valence-corrected chi connectivity index (χ1v) is 9.91. The molecule has 31 heavy (non-hydrogen) atoms. The number of halogens is 2. The molecular formula is C22H18ClFN6O. The van der Waals surface area contributed by atoms with Gasteiger partial charge in [-0.3, -0.25) is 4.79 Å². The van der Waals surface area contributed by atoms with Gasteiger partial charge in [-0.2, -0.15) is 15.0 Å². The van der Waals surface area contributed by atoms with E-state index in [1.54, 1.807) is 43.0 Å². The van der Waals surface area contributed by atoms with Crippen LogP contribution in [0, 0.1) is 12.7 Å². The van der Waals surface area contributed by atoms with Crippen LogP contribution < -0.4 is 5.32 Å². The molecule has 2 heterocycles. The van der Waals surface area contributed by atoms with E-state index in [1.165, 1.54) is 10.9 Å². The zero-order valence-electron chi connectivity index (χ0n) is 16.6. The molecule has 1 N–H and O–H groups in total. The van der Waals surface area contributed by atoms with E-state index >= 15 is 0 Å². The summed E-state index contributed by atoms with van der Waals surface area (Å²) in [5.74, 6) is -0.135. The minimum absolute atomic E-state index is 0.240. The highest BCUT2D eigenvalue weighted by Gasteiger charge is 2.14. The monoisotopic (exact) mass is 436 g/mol. The molecule has 1 amide bonds. The van der Waals surface area contributed by atoms with Crippen LogP contribution in [0.4, 0.5) is 4.39 Å². The van der Waals surface area contributed by atoms with Crippen LogP contribution in [-0.4, -0.2) is 37.4 Å². The van der Waals surface area contributed by atoms with Crippen molar-refractivity contribution >= 4 is 17.5 Å². The molecule has 0 unspecified atom stereocenters. The first kappa shape index (κ1) is 20.6. The van der Waals surface area contributed by atoms with Gasteiger partial charge in [0.15, 0.2) is 0 Å². The molecule has 7 nitrogen and oxygen atoms in total. The van der Waals surface area contributed by atoms with E-state index in [0.717, 1.165) is 5.56 Å². The van der Waals surface area contributed by atoms with Crippen LogP contribution in [-0.2, 0) is 6.42 Å². The quantitative estimate of drug-likeness (QED) is 0.497. The van der Waals surface area contributed by atoms with Gasteiger partial charge in [-0.1, -0.05) is 23.2 Å². The number of nitrogens with zero attached hydrogens (tertiary/aromatic N) is 5. The van der Waals surface area contributed by atoms with Crippen molar-refractivity contribution in [2.24, 2.45) is 0 Å².